The summed E-state index contributed by atoms with van der Waals surface area (Å²) in [5.41, 5.74) is 7.45. The van der Waals surface area contributed by atoms with E-state index in [1.165, 1.54) is 5.56 Å². The monoisotopic (exact) mass is 264 g/mol. The lowest BCUT2D eigenvalue weighted by molar-refractivity contribution is 0.100. The van der Waals surface area contributed by atoms with Gasteiger partial charge in [-0.2, -0.15) is 0 Å². The summed E-state index contributed by atoms with van der Waals surface area (Å²) in [5.74, 6) is 0.881. The summed E-state index contributed by atoms with van der Waals surface area (Å²) in [7, 11) is 3.83. The molecule has 2 atom stereocenters. The second-order valence-electron chi connectivity index (χ2n) is 6.23. The molecule has 0 aliphatic rings. The Balaban J connectivity index is 2.92. The molecule has 1 rings (SSSR count). The van der Waals surface area contributed by atoms with E-state index in [-0.39, 0.29) is 11.5 Å². The van der Waals surface area contributed by atoms with Crippen LogP contribution in [0.15, 0.2) is 24.3 Å². The highest BCUT2D eigenvalue weighted by atomic mass is 16.5. The third-order valence-electron chi connectivity index (χ3n) is 4.08. The second-order valence-corrected chi connectivity index (χ2v) is 6.23. The zero-order valence-corrected chi connectivity index (χ0v) is 13.1. The van der Waals surface area contributed by atoms with Crippen molar-refractivity contribution in [3.05, 3.63) is 29.8 Å². The van der Waals surface area contributed by atoms with Crippen molar-refractivity contribution in [2.24, 2.45) is 11.1 Å². The van der Waals surface area contributed by atoms with Gasteiger partial charge >= 0.3 is 0 Å². The fourth-order valence-electron chi connectivity index (χ4n) is 2.24. The molecule has 0 saturated heterocycles. The quantitative estimate of drug-likeness (QED) is 0.888. The lowest BCUT2D eigenvalue weighted by atomic mass is 9.86. The molecule has 0 bridgehead atoms. The Morgan fingerprint density at radius 1 is 1.21 bits per heavy atom. The van der Waals surface area contributed by atoms with Crippen LogP contribution in [0.5, 0.6) is 5.75 Å². The first-order valence-corrected chi connectivity index (χ1v) is 6.87. The molecule has 0 amide bonds. The molecule has 0 heterocycles. The molecule has 0 radical (unpaired) electrons. The van der Waals surface area contributed by atoms with E-state index in [4.69, 9.17) is 10.5 Å². The summed E-state index contributed by atoms with van der Waals surface area (Å²) in [6, 6.07) is 8.87. The molecule has 0 aromatic heterocycles. The average Bonchev–Trinajstić information content (AvgIpc) is 2.38. The van der Waals surface area contributed by atoms with E-state index in [2.05, 4.69) is 51.8 Å². The Morgan fingerprint density at radius 3 is 2.11 bits per heavy atom. The van der Waals surface area contributed by atoms with Gasteiger partial charge in [-0.15, -0.1) is 0 Å². The first-order valence-electron chi connectivity index (χ1n) is 6.87. The first kappa shape index (κ1) is 16.0. The molecule has 0 aliphatic heterocycles. The summed E-state index contributed by atoms with van der Waals surface area (Å²) >= 11 is 0. The number of nitrogens with two attached hydrogens (primary N) is 1. The fourth-order valence-corrected chi connectivity index (χ4v) is 2.24. The van der Waals surface area contributed by atoms with Crippen molar-refractivity contribution in [3.63, 3.8) is 0 Å². The molecule has 0 saturated carbocycles. The minimum atomic E-state index is 0.231. The Bertz CT molecular complexity index is 381. The standard InChI is InChI=1S/C16H28N2O/c1-12(16(2,3)4)18(5)15(11-17)13-7-9-14(19-6)10-8-13/h7-10,12,15H,11,17H2,1-6H3. The molecular formula is C16H28N2O. The van der Waals surface area contributed by atoms with Crippen molar-refractivity contribution in [2.75, 3.05) is 20.7 Å². The first-order chi connectivity index (χ1) is 8.81. The normalized spacial score (nSPS) is 15.4. The van der Waals surface area contributed by atoms with Gasteiger partial charge in [0.15, 0.2) is 0 Å². The molecule has 1 aromatic carbocycles. The molecule has 108 valence electrons. The van der Waals surface area contributed by atoms with Gasteiger partial charge in [0.25, 0.3) is 0 Å². The van der Waals surface area contributed by atoms with Gasteiger partial charge in [0, 0.05) is 18.6 Å². The van der Waals surface area contributed by atoms with Crippen LogP contribution in [0.1, 0.15) is 39.3 Å². The third kappa shape index (κ3) is 3.95. The second kappa shape index (κ2) is 6.40. The maximum atomic E-state index is 5.98. The minimum absolute atomic E-state index is 0.231. The number of ether oxygens (including phenoxy) is 1. The van der Waals surface area contributed by atoms with Gasteiger partial charge in [0.1, 0.15) is 5.75 Å². The molecule has 0 aliphatic carbocycles. The molecule has 3 nitrogen and oxygen atoms in total. The van der Waals surface area contributed by atoms with Crippen LogP contribution in [0.2, 0.25) is 0 Å². The van der Waals surface area contributed by atoms with Crippen molar-refractivity contribution >= 4 is 0 Å². The Hall–Kier alpha value is -1.06. The van der Waals surface area contributed by atoms with E-state index < -0.39 is 0 Å². The largest absolute Gasteiger partial charge is 0.497 e. The number of hydrogen-bond donors (Lipinski definition) is 1. The van der Waals surface area contributed by atoms with Crippen molar-refractivity contribution in [2.45, 2.75) is 39.8 Å². The maximum absolute atomic E-state index is 5.98. The van der Waals surface area contributed by atoms with E-state index in [0.717, 1.165) is 5.75 Å². The van der Waals surface area contributed by atoms with Gasteiger partial charge < -0.3 is 10.5 Å². The van der Waals surface area contributed by atoms with Crippen molar-refractivity contribution < 1.29 is 4.74 Å². The van der Waals surface area contributed by atoms with E-state index in [1.54, 1.807) is 7.11 Å². The predicted octanol–water partition coefficient (Wildman–Crippen LogP) is 3.06. The third-order valence-corrected chi connectivity index (χ3v) is 4.08. The maximum Gasteiger partial charge on any atom is 0.118 e. The number of nitrogens with zero attached hydrogens (tertiary/aromatic N) is 1. The van der Waals surface area contributed by atoms with Crippen LogP contribution in [0.4, 0.5) is 0 Å². The number of hydrogen-bond acceptors (Lipinski definition) is 3. The highest BCUT2D eigenvalue weighted by Gasteiger charge is 2.28. The molecule has 0 fully saturated rings. The molecular weight excluding hydrogens is 236 g/mol. The van der Waals surface area contributed by atoms with Gasteiger partial charge in [-0.3, -0.25) is 4.90 Å². The van der Waals surface area contributed by atoms with Crippen molar-refractivity contribution in [3.8, 4) is 5.75 Å². The number of rotatable bonds is 5. The fraction of sp³-hybridized carbons (Fsp3) is 0.625. The summed E-state index contributed by atoms with van der Waals surface area (Å²) in [6.45, 7) is 9.65. The highest BCUT2D eigenvalue weighted by molar-refractivity contribution is 5.29. The number of methoxy groups -OCH3 is 1. The van der Waals surface area contributed by atoms with E-state index in [1.807, 2.05) is 12.1 Å². The molecule has 0 spiro atoms. The summed E-state index contributed by atoms with van der Waals surface area (Å²) < 4.78 is 5.20. The van der Waals surface area contributed by atoms with E-state index in [9.17, 15) is 0 Å². The molecule has 2 N–H and O–H groups in total. The van der Waals surface area contributed by atoms with Crippen molar-refractivity contribution in [1.82, 2.24) is 4.90 Å². The highest BCUT2D eigenvalue weighted by Crippen LogP contribution is 2.30. The van der Waals surface area contributed by atoms with Crippen molar-refractivity contribution in [1.29, 1.82) is 0 Å². The average molecular weight is 264 g/mol. The zero-order valence-electron chi connectivity index (χ0n) is 13.1. The van der Waals surface area contributed by atoms with Gasteiger partial charge in [-0.05, 0) is 37.1 Å². The van der Waals surface area contributed by atoms with Crippen LogP contribution < -0.4 is 10.5 Å². The predicted molar refractivity (Wildman–Crippen MR) is 81.5 cm³/mol. The minimum Gasteiger partial charge on any atom is -0.497 e. The van der Waals surface area contributed by atoms with Crippen LogP contribution in [0, 0.1) is 5.41 Å². The smallest absolute Gasteiger partial charge is 0.118 e. The Labute approximate surface area is 117 Å². The Morgan fingerprint density at radius 2 is 1.74 bits per heavy atom. The van der Waals surface area contributed by atoms with Crippen LogP contribution in [-0.2, 0) is 0 Å². The van der Waals surface area contributed by atoms with Crippen LogP contribution >= 0.6 is 0 Å². The number of likely N-dealkylation sites (N-methyl/N-ethyl adjacent to an activating group) is 1. The molecule has 3 heteroatoms. The number of benzene rings is 1. The lowest BCUT2D eigenvalue weighted by Gasteiger charge is -2.40. The van der Waals surface area contributed by atoms with Gasteiger partial charge in [-0.1, -0.05) is 32.9 Å². The van der Waals surface area contributed by atoms with Crippen LogP contribution in [0.25, 0.3) is 0 Å². The summed E-state index contributed by atoms with van der Waals surface area (Å²) in [5, 5.41) is 0. The van der Waals surface area contributed by atoms with Crippen LogP contribution in [0.3, 0.4) is 0 Å². The summed E-state index contributed by atoms with van der Waals surface area (Å²) in [6.07, 6.45) is 0. The van der Waals surface area contributed by atoms with Gasteiger partial charge in [0.05, 0.1) is 7.11 Å². The summed E-state index contributed by atoms with van der Waals surface area (Å²) in [4.78, 5) is 2.36. The van der Waals surface area contributed by atoms with E-state index >= 15 is 0 Å². The van der Waals surface area contributed by atoms with Gasteiger partial charge in [-0.25, -0.2) is 0 Å². The topological polar surface area (TPSA) is 38.5 Å². The zero-order chi connectivity index (χ0) is 14.6. The van der Waals surface area contributed by atoms with Crippen LogP contribution in [-0.4, -0.2) is 31.6 Å². The molecule has 1 aromatic rings. The lowest BCUT2D eigenvalue weighted by Crippen LogP contribution is -2.43. The van der Waals surface area contributed by atoms with Gasteiger partial charge in [0.2, 0.25) is 0 Å². The molecule has 2 unspecified atom stereocenters. The SMILES string of the molecule is COc1ccc(C(CN)N(C)C(C)C(C)(C)C)cc1. The Kier molecular flexibility index (Phi) is 5.39. The van der Waals surface area contributed by atoms with E-state index in [0.29, 0.717) is 12.6 Å². The molecule has 19 heavy (non-hydrogen) atoms.